The maximum atomic E-state index is 8.60. The number of anilines is 3. The van der Waals surface area contributed by atoms with Gasteiger partial charge in [0.15, 0.2) is 0 Å². The van der Waals surface area contributed by atoms with Crippen LogP contribution in [-0.2, 0) is 0 Å². The van der Waals surface area contributed by atoms with Crippen LogP contribution in [0.25, 0.3) is 33.5 Å². The largest absolute Gasteiger partial charge is 0.351 e. The molecule has 7 rings (SSSR count). The average molecular weight is 461 g/mol. The minimum atomic E-state index is -2.35. The molecule has 0 bridgehead atoms. The average Bonchev–Trinajstić information content (AvgIpc) is 3.52. The summed E-state index contributed by atoms with van der Waals surface area (Å²) < 4.78 is 30.1. The smallest absolute Gasteiger partial charge is 0.220 e. The Labute approximate surface area is 208 Å². The van der Waals surface area contributed by atoms with Gasteiger partial charge in [-0.15, -0.1) is 0 Å². The number of aromatic nitrogens is 3. The predicted molar refractivity (Wildman–Crippen MR) is 145 cm³/mol. The molecule has 6 aromatic rings. The van der Waals surface area contributed by atoms with Crippen molar-refractivity contribution < 1.29 is 4.11 Å². The molecule has 0 unspecified atom stereocenters. The number of rotatable bonds is 2. The van der Waals surface area contributed by atoms with E-state index in [9.17, 15) is 0 Å². The molecule has 2 aromatic heterocycles. The topological polar surface area (TPSA) is 28.7 Å². The quantitative estimate of drug-likeness (QED) is 0.279. The maximum absolute atomic E-state index is 8.60. The molecule has 0 amide bonds. The fourth-order valence-electron chi connectivity index (χ4n) is 5.60. The summed E-state index contributed by atoms with van der Waals surface area (Å²) in [5, 5.41) is 0. The highest BCUT2D eigenvalue weighted by Crippen LogP contribution is 2.49. The van der Waals surface area contributed by atoms with E-state index in [4.69, 9.17) is 9.10 Å². The molecule has 4 aromatic carbocycles. The number of aryl methyl sites for hydroxylation is 2. The number of para-hydroxylation sites is 3. The Morgan fingerprint density at radius 2 is 1.54 bits per heavy atom. The fourth-order valence-corrected chi connectivity index (χ4v) is 5.60. The van der Waals surface area contributed by atoms with Gasteiger partial charge < -0.3 is 9.80 Å². The van der Waals surface area contributed by atoms with E-state index in [0.717, 1.165) is 56.0 Å². The summed E-state index contributed by atoms with van der Waals surface area (Å²) in [5.74, 6) is 0.761. The molecule has 0 fully saturated rings. The summed E-state index contributed by atoms with van der Waals surface area (Å²) in [6.45, 7) is 3.74. The van der Waals surface area contributed by atoms with Crippen molar-refractivity contribution in [2.24, 2.45) is 0 Å². The van der Waals surface area contributed by atoms with Crippen LogP contribution in [0.2, 0.25) is 0 Å². The molecule has 1 aliphatic rings. The Bertz CT molecular complexity index is 1870. The molecule has 1 atom stereocenters. The van der Waals surface area contributed by atoms with Crippen LogP contribution in [0.4, 0.5) is 17.1 Å². The van der Waals surface area contributed by atoms with E-state index in [2.05, 4.69) is 64.1 Å². The first-order chi connectivity index (χ1) is 18.3. The van der Waals surface area contributed by atoms with Crippen LogP contribution in [0.3, 0.4) is 0 Å². The maximum Gasteiger partial charge on any atom is 0.220 e. The van der Waals surface area contributed by atoms with Gasteiger partial charge in [-0.3, -0.25) is 8.97 Å². The zero-order chi connectivity index (χ0) is 26.3. The van der Waals surface area contributed by atoms with Crippen molar-refractivity contribution >= 4 is 44.9 Å². The van der Waals surface area contributed by atoms with Crippen LogP contribution in [0.15, 0.2) is 84.9 Å². The SMILES string of the molecule is [2H]C([2H])([2H])N1c2c(ccc3c2n(-c2ccccc2)c2nc4c(C)cccc4n32)N(c2ccccc2C)[C@H]1C. The van der Waals surface area contributed by atoms with Crippen LogP contribution >= 0.6 is 0 Å². The molecule has 35 heavy (non-hydrogen) atoms. The van der Waals surface area contributed by atoms with Gasteiger partial charge in [0.2, 0.25) is 5.78 Å². The summed E-state index contributed by atoms with van der Waals surface area (Å²) in [6.07, 6.45) is -0.422. The van der Waals surface area contributed by atoms with Crippen molar-refractivity contribution in [2.75, 3.05) is 16.8 Å². The van der Waals surface area contributed by atoms with Gasteiger partial charge in [0.05, 0.1) is 33.4 Å². The van der Waals surface area contributed by atoms with Crippen molar-refractivity contribution in [3.05, 3.63) is 96.1 Å². The van der Waals surface area contributed by atoms with Gasteiger partial charge in [0, 0.05) is 22.5 Å². The molecular weight excluding hydrogens is 430 g/mol. The number of fused-ring (bicyclic) bond motifs is 7. The third-order valence-electron chi connectivity index (χ3n) is 7.28. The van der Waals surface area contributed by atoms with Gasteiger partial charge >= 0.3 is 0 Å². The van der Waals surface area contributed by atoms with Gasteiger partial charge in [-0.05, 0) is 68.3 Å². The van der Waals surface area contributed by atoms with Gasteiger partial charge in [-0.1, -0.05) is 48.5 Å². The third kappa shape index (κ3) is 2.61. The Kier molecular flexibility index (Phi) is 3.51. The van der Waals surface area contributed by atoms with Crippen molar-refractivity contribution in [2.45, 2.75) is 26.9 Å². The van der Waals surface area contributed by atoms with Crippen LogP contribution < -0.4 is 9.80 Å². The standard InChI is InChI=1S/C30H27N5/c1-19-11-8-9-15-23(19)33-21(3)32(4)28-25(33)17-18-26-29(28)34(22-13-6-5-7-14-22)30-31-27-20(2)12-10-16-24(27)35(26)30/h5-18,21H,1-4H3/t21-/m0/s1/i4D3. The first kappa shape index (κ1) is 17.2. The highest BCUT2D eigenvalue weighted by molar-refractivity contribution is 6.06. The number of nitrogens with zero attached hydrogens (tertiary/aromatic N) is 5. The fraction of sp³-hybridized carbons (Fsp3) is 0.167. The second-order valence-corrected chi connectivity index (χ2v) is 9.32. The molecule has 0 spiro atoms. The molecule has 3 heterocycles. The Hall–Kier alpha value is -4.25. The molecule has 1 aliphatic heterocycles. The summed E-state index contributed by atoms with van der Waals surface area (Å²) in [5.41, 5.74) is 9.37. The van der Waals surface area contributed by atoms with Crippen LogP contribution in [0.5, 0.6) is 0 Å². The molecule has 0 N–H and O–H groups in total. The van der Waals surface area contributed by atoms with E-state index in [0.29, 0.717) is 5.69 Å². The molecule has 172 valence electrons. The van der Waals surface area contributed by atoms with Gasteiger partial charge in [-0.2, -0.15) is 0 Å². The number of imidazole rings is 2. The number of benzene rings is 4. The molecule has 0 saturated heterocycles. The van der Waals surface area contributed by atoms with Crippen molar-refractivity contribution in [1.82, 2.24) is 14.0 Å². The Morgan fingerprint density at radius 3 is 2.34 bits per heavy atom. The summed E-state index contributed by atoms with van der Waals surface area (Å²) in [7, 11) is 0. The van der Waals surface area contributed by atoms with Crippen LogP contribution in [-0.4, -0.2) is 27.1 Å². The molecule has 5 heteroatoms. The van der Waals surface area contributed by atoms with E-state index < -0.39 is 13.1 Å². The second-order valence-electron chi connectivity index (χ2n) is 9.32. The van der Waals surface area contributed by atoms with Gasteiger partial charge in [-0.25, -0.2) is 4.98 Å². The van der Waals surface area contributed by atoms with E-state index in [1.807, 2.05) is 55.5 Å². The van der Waals surface area contributed by atoms with Crippen molar-refractivity contribution in [3.63, 3.8) is 0 Å². The summed E-state index contributed by atoms with van der Waals surface area (Å²) in [4.78, 5) is 8.83. The zero-order valence-corrected chi connectivity index (χ0v) is 19.9. The van der Waals surface area contributed by atoms with Crippen molar-refractivity contribution in [1.29, 1.82) is 0 Å². The van der Waals surface area contributed by atoms with Crippen LogP contribution in [0, 0.1) is 13.8 Å². The molecule has 5 nitrogen and oxygen atoms in total. The minimum Gasteiger partial charge on any atom is -0.351 e. The molecular formula is C30H27N5. The predicted octanol–water partition coefficient (Wildman–Crippen LogP) is 6.98. The van der Waals surface area contributed by atoms with Gasteiger partial charge in [0.25, 0.3) is 0 Å². The highest BCUT2D eigenvalue weighted by Gasteiger charge is 2.36. The number of hydrogen-bond donors (Lipinski definition) is 0. The lowest BCUT2D eigenvalue weighted by Gasteiger charge is -2.28. The van der Waals surface area contributed by atoms with E-state index in [1.165, 1.54) is 0 Å². The van der Waals surface area contributed by atoms with E-state index in [1.54, 1.807) is 4.90 Å². The van der Waals surface area contributed by atoms with E-state index >= 15 is 0 Å². The zero-order valence-electron chi connectivity index (χ0n) is 22.9. The Morgan fingerprint density at radius 1 is 0.771 bits per heavy atom. The van der Waals surface area contributed by atoms with E-state index in [-0.39, 0.29) is 0 Å². The normalized spacial score (nSPS) is 17.2. The summed E-state index contributed by atoms with van der Waals surface area (Å²) in [6, 6.07) is 28.5. The summed E-state index contributed by atoms with van der Waals surface area (Å²) >= 11 is 0. The first-order valence-corrected chi connectivity index (χ1v) is 11.9. The lowest BCUT2D eigenvalue weighted by atomic mass is 10.1. The number of hydrogen-bond acceptors (Lipinski definition) is 3. The van der Waals surface area contributed by atoms with Gasteiger partial charge in [0.1, 0.15) is 6.17 Å². The lowest BCUT2D eigenvalue weighted by Crippen LogP contribution is -2.36. The second kappa shape index (κ2) is 7.12. The van der Waals surface area contributed by atoms with Crippen LogP contribution in [0.1, 0.15) is 22.2 Å². The lowest BCUT2D eigenvalue weighted by molar-refractivity contribution is 0.733. The highest BCUT2D eigenvalue weighted by atomic mass is 15.4. The molecule has 0 aliphatic carbocycles. The van der Waals surface area contributed by atoms with Crippen molar-refractivity contribution in [3.8, 4) is 5.69 Å². The first-order valence-electron chi connectivity index (χ1n) is 13.4. The molecule has 0 radical (unpaired) electrons. The minimum absolute atomic E-state index is 0.422. The monoisotopic (exact) mass is 460 g/mol. The third-order valence-corrected chi connectivity index (χ3v) is 7.28. The molecule has 0 saturated carbocycles. The Balaban J connectivity index is 1.67.